The van der Waals surface area contributed by atoms with E-state index in [0.717, 1.165) is 10.9 Å². The van der Waals surface area contributed by atoms with Crippen molar-refractivity contribution in [3.05, 3.63) is 35.0 Å². The molecule has 0 spiro atoms. The lowest BCUT2D eigenvalue weighted by molar-refractivity contribution is 0.0936. The highest BCUT2D eigenvalue weighted by Gasteiger charge is 2.12. The van der Waals surface area contributed by atoms with Gasteiger partial charge in [0.2, 0.25) is 0 Å². The van der Waals surface area contributed by atoms with E-state index in [1.54, 1.807) is 25.1 Å². The first-order valence-corrected chi connectivity index (χ1v) is 5.94. The van der Waals surface area contributed by atoms with Crippen LogP contribution in [-0.4, -0.2) is 16.9 Å². The van der Waals surface area contributed by atoms with Crippen LogP contribution in [0.4, 0.5) is 0 Å². The number of rotatable bonds is 3. The van der Waals surface area contributed by atoms with Crippen LogP contribution in [0.5, 0.6) is 0 Å². The summed E-state index contributed by atoms with van der Waals surface area (Å²) in [6, 6.07) is 8.98. The molecular formula is C13H12ClN3O. The van der Waals surface area contributed by atoms with Gasteiger partial charge in [0.1, 0.15) is 5.69 Å². The number of nitrogens with zero attached hydrogens (tertiary/aromatic N) is 1. The van der Waals surface area contributed by atoms with Gasteiger partial charge in [0.15, 0.2) is 0 Å². The van der Waals surface area contributed by atoms with E-state index in [9.17, 15) is 4.79 Å². The van der Waals surface area contributed by atoms with Gasteiger partial charge in [0, 0.05) is 22.0 Å². The van der Waals surface area contributed by atoms with Gasteiger partial charge in [-0.2, -0.15) is 5.26 Å². The van der Waals surface area contributed by atoms with Crippen molar-refractivity contribution >= 4 is 28.4 Å². The van der Waals surface area contributed by atoms with Gasteiger partial charge in [-0.15, -0.1) is 0 Å². The fraction of sp³-hybridized carbons (Fsp3) is 0.231. The quantitative estimate of drug-likeness (QED) is 0.892. The minimum Gasteiger partial charge on any atom is -0.351 e. The van der Waals surface area contributed by atoms with Gasteiger partial charge in [0.05, 0.1) is 12.5 Å². The molecule has 2 aromatic rings. The second-order valence-electron chi connectivity index (χ2n) is 4.15. The van der Waals surface area contributed by atoms with E-state index in [4.69, 9.17) is 16.9 Å². The number of aromatic nitrogens is 1. The molecule has 0 fully saturated rings. The Morgan fingerprint density at radius 3 is 3.06 bits per heavy atom. The normalized spacial score (nSPS) is 12.1. The summed E-state index contributed by atoms with van der Waals surface area (Å²) in [7, 11) is 0. The van der Waals surface area contributed by atoms with Crippen LogP contribution in [0, 0.1) is 11.3 Å². The Balaban J connectivity index is 2.21. The van der Waals surface area contributed by atoms with Crippen molar-refractivity contribution in [1.29, 1.82) is 5.26 Å². The van der Waals surface area contributed by atoms with Crippen LogP contribution in [0.1, 0.15) is 23.8 Å². The molecule has 2 N–H and O–H groups in total. The molecule has 0 aliphatic carbocycles. The fourth-order valence-electron chi connectivity index (χ4n) is 1.72. The summed E-state index contributed by atoms with van der Waals surface area (Å²) in [6.07, 6.45) is 0.289. The third-order valence-electron chi connectivity index (χ3n) is 2.60. The molecule has 2 rings (SSSR count). The largest absolute Gasteiger partial charge is 0.351 e. The van der Waals surface area contributed by atoms with Crippen LogP contribution in [0.2, 0.25) is 5.02 Å². The van der Waals surface area contributed by atoms with Crippen molar-refractivity contribution in [2.75, 3.05) is 0 Å². The van der Waals surface area contributed by atoms with E-state index in [1.807, 2.05) is 12.1 Å². The third-order valence-corrected chi connectivity index (χ3v) is 2.84. The highest BCUT2D eigenvalue weighted by Crippen LogP contribution is 2.20. The van der Waals surface area contributed by atoms with Gasteiger partial charge in [-0.1, -0.05) is 11.6 Å². The van der Waals surface area contributed by atoms with Gasteiger partial charge >= 0.3 is 0 Å². The summed E-state index contributed by atoms with van der Waals surface area (Å²) >= 11 is 5.88. The zero-order chi connectivity index (χ0) is 13.1. The first-order valence-electron chi connectivity index (χ1n) is 5.56. The number of benzene rings is 1. The number of fused-ring (bicyclic) bond motifs is 1. The van der Waals surface area contributed by atoms with Gasteiger partial charge in [-0.25, -0.2) is 0 Å². The van der Waals surface area contributed by atoms with Crippen LogP contribution < -0.4 is 5.32 Å². The molecule has 1 heterocycles. The number of carbonyl (C=O) groups is 1. The van der Waals surface area contributed by atoms with Crippen molar-refractivity contribution in [2.24, 2.45) is 0 Å². The van der Waals surface area contributed by atoms with E-state index in [1.165, 1.54) is 0 Å². The first-order chi connectivity index (χ1) is 8.60. The number of carbonyl (C=O) groups excluding carboxylic acids is 1. The topological polar surface area (TPSA) is 68.7 Å². The number of hydrogen-bond donors (Lipinski definition) is 2. The lowest BCUT2D eigenvalue weighted by Gasteiger charge is -2.08. The van der Waals surface area contributed by atoms with Crippen LogP contribution in [0.3, 0.4) is 0 Å². The third kappa shape index (κ3) is 2.63. The van der Waals surface area contributed by atoms with Gasteiger partial charge in [-0.05, 0) is 31.2 Å². The van der Waals surface area contributed by atoms with Gasteiger partial charge < -0.3 is 10.3 Å². The Hall–Kier alpha value is -1.99. The average molecular weight is 262 g/mol. The standard InChI is InChI=1S/C13H12ClN3O/c1-8(4-5-15)16-13(18)12-7-9-6-10(14)2-3-11(9)17-12/h2-3,6-8,17H,4H2,1H3,(H,16,18)/t8-/m1/s1. The Kier molecular flexibility index (Phi) is 3.54. The highest BCUT2D eigenvalue weighted by molar-refractivity contribution is 6.31. The number of halogens is 1. The maximum atomic E-state index is 11.9. The molecule has 92 valence electrons. The van der Waals surface area contributed by atoms with Crippen molar-refractivity contribution in [3.8, 4) is 6.07 Å². The first kappa shape index (κ1) is 12.5. The summed E-state index contributed by atoms with van der Waals surface area (Å²) in [4.78, 5) is 14.9. The Bertz CT molecular complexity index is 627. The molecule has 0 saturated carbocycles. The summed E-state index contributed by atoms with van der Waals surface area (Å²) in [5.74, 6) is -0.218. The molecule has 1 aromatic heterocycles. The van der Waals surface area contributed by atoms with E-state index in [-0.39, 0.29) is 18.4 Å². The van der Waals surface area contributed by atoms with Crippen LogP contribution in [0.15, 0.2) is 24.3 Å². The molecule has 0 aliphatic rings. The summed E-state index contributed by atoms with van der Waals surface area (Å²) < 4.78 is 0. The lowest BCUT2D eigenvalue weighted by atomic mass is 10.2. The van der Waals surface area contributed by atoms with Crippen LogP contribution in [0.25, 0.3) is 10.9 Å². The highest BCUT2D eigenvalue weighted by atomic mass is 35.5. The monoisotopic (exact) mass is 261 g/mol. The summed E-state index contributed by atoms with van der Waals surface area (Å²) in [6.45, 7) is 1.79. The average Bonchev–Trinajstić information content (AvgIpc) is 2.72. The van der Waals surface area contributed by atoms with Crippen LogP contribution >= 0.6 is 11.6 Å². The zero-order valence-electron chi connectivity index (χ0n) is 9.83. The van der Waals surface area contributed by atoms with Gasteiger partial charge in [-0.3, -0.25) is 4.79 Å². The molecule has 1 aromatic carbocycles. The summed E-state index contributed by atoms with van der Waals surface area (Å²) in [5.41, 5.74) is 1.33. The van der Waals surface area contributed by atoms with Crippen molar-refractivity contribution < 1.29 is 4.79 Å². The van der Waals surface area contributed by atoms with Crippen molar-refractivity contribution in [3.63, 3.8) is 0 Å². The molecule has 0 unspecified atom stereocenters. The van der Waals surface area contributed by atoms with Crippen molar-refractivity contribution in [2.45, 2.75) is 19.4 Å². The number of H-pyrrole nitrogens is 1. The minimum atomic E-state index is -0.218. The lowest BCUT2D eigenvalue weighted by Crippen LogP contribution is -2.32. The molecule has 0 radical (unpaired) electrons. The number of nitrogens with one attached hydrogen (secondary N) is 2. The number of nitriles is 1. The molecule has 5 heteroatoms. The molecule has 0 aliphatic heterocycles. The zero-order valence-corrected chi connectivity index (χ0v) is 10.6. The number of hydrogen-bond acceptors (Lipinski definition) is 2. The predicted octanol–water partition coefficient (Wildman–Crippen LogP) is 2.85. The Morgan fingerprint density at radius 2 is 2.33 bits per heavy atom. The number of amides is 1. The van der Waals surface area contributed by atoms with E-state index >= 15 is 0 Å². The second-order valence-corrected chi connectivity index (χ2v) is 4.59. The summed E-state index contributed by atoms with van der Waals surface area (Å²) in [5, 5.41) is 12.8. The predicted molar refractivity (Wildman–Crippen MR) is 70.5 cm³/mol. The molecule has 1 atom stereocenters. The molecule has 18 heavy (non-hydrogen) atoms. The second kappa shape index (κ2) is 5.11. The molecule has 4 nitrogen and oxygen atoms in total. The smallest absolute Gasteiger partial charge is 0.267 e. The van der Waals surface area contributed by atoms with Crippen LogP contribution in [-0.2, 0) is 0 Å². The Morgan fingerprint density at radius 1 is 1.56 bits per heavy atom. The number of aromatic amines is 1. The minimum absolute atomic E-state index is 0.169. The van der Waals surface area contributed by atoms with E-state index < -0.39 is 0 Å². The maximum Gasteiger partial charge on any atom is 0.267 e. The Labute approximate surface area is 110 Å². The molecule has 0 bridgehead atoms. The maximum absolute atomic E-state index is 11.9. The van der Waals surface area contributed by atoms with Crippen molar-refractivity contribution in [1.82, 2.24) is 10.3 Å². The molecule has 0 saturated heterocycles. The molecule has 1 amide bonds. The molecular weight excluding hydrogens is 250 g/mol. The fourth-order valence-corrected chi connectivity index (χ4v) is 1.90. The van der Waals surface area contributed by atoms with E-state index in [0.29, 0.717) is 10.7 Å². The van der Waals surface area contributed by atoms with E-state index in [2.05, 4.69) is 10.3 Å². The SMILES string of the molecule is C[C@H](CC#N)NC(=O)c1cc2cc(Cl)ccc2[nH]1. The van der Waals surface area contributed by atoms with Gasteiger partial charge in [0.25, 0.3) is 5.91 Å².